The first-order valence-corrected chi connectivity index (χ1v) is 11.9. The summed E-state index contributed by atoms with van der Waals surface area (Å²) in [7, 11) is 0. The van der Waals surface area contributed by atoms with Gasteiger partial charge in [-0.25, -0.2) is 9.59 Å². The molecule has 1 aliphatic rings. The maximum absolute atomic E-state index is 12.6. The van der Waals surface area contributed by atoms with Crippen molar-refractivity contribution in [3.8, 4) is 11.1 Å². The lowest BCUT2D eigenvalue weighted by molar-refractivity contribution is -0.143. The first kappa shape index (κ1) is 25.3. The second-order valence-electron chi connectivity index (χ2n) is 9.29. The molecule has 7 heteroatoms. The highest BCUT2D eigenvalue weighted by atomic mass is 16.5. The Hall–Kier alpha value is -3.35. The molecular formula is C27H34N2O5. The van der Waals surface area contributed by atoms with Gasteiger partial charge in [0.2, 0.25) is 5.91 Å². The lowest BCUT2D eigenvalue weighted by Crippen LogP contribution is -2.48. The number of hydrogen-bond acceptors (Lipinski definition) is 4. The summed E-state index contributed by atoms with van der Waals surface area (Å²) in [5, 5.41) is 14.8. The predicted molar refractivity (Wildman–Crippen MR) is 130 cm³/mol. The van der Waals surface area contributed by atoms with Crippen LogP contribution in [0.4, 0.5) is 4.79 Å². The standard InChI is InChI=1S/C27H34N2O5/c1-5-17(4)25(26(31)32)29-24(30)14-23(16(2)3)28-27(33)34-15-22-20-12-8-6-10-18(20)19-11-7-9-13-21(19)22/h6-13,16-17,22-23,25H,5,14-15H2,1-4H3,(H,28,33)(H,29,30)(H,31,32). The summed E-state index contributed by atoms with van der Waals surface area (Å²) in [5.74, 6) is -1.77. The van der Waals surface area contributed by atoms with E-state index in [1.54, 1.807) is 6.92 Å². The summed E-state index contributed by atoms with van der Waals surface area (Å²) >= 11 is 0. The van der Waals surface area contributed by atoms with Crippen LogP contribution in [0.2, 0.25) is 0 Å². The van der Waals surface area contributed by atoms with E-state index in [4.69, 9.17) is 4.74 Å². The number of ether oxygens (including phenoxy) is 1. The molecule has 3 N–H and O–H groups in total. The van der Waals surface area contributed by atoms with Crippen LogP contribution in [0.25, 0.3) is 11.1 Å². The number of hydrogen-bond donors (Lipinski definition) is 3. The van der Waals surface area contributed by atoms with E-state index in [1.807, 2.05) is 45.0 Å². The summed E-state index contributed by atoms with van der Waals surface area (Å²) in [6.07, 6.45) is 0.00959. The van der Waals surface area contributed by atoms with Gasteiger partial charge in [-0.2, -0.15) is 0 Å². The van der Waals surface area contributed by atoms with Crippen molar-refractivity contribution in [3.63, 3.8) is 0 Å². The Morgan fingerprint density at radius 2 is 1.50 bits per heavy atom. The van der Waals surface area contributed by atoms with E-state index in [1.165, 1.54) is 0 Å². The first-order valence-electron chi connectivity index (χ1n) is 11.9. The van der Waals surface area contributed by atoms with Crippen molar-refractivity contribution in [1.29, 1.82) is 0 Å². The molecule has 2 amide bonds. The minimum Gasteiger partial charge on any atom is -0.480 e. The monoisotopic (exact) mass is 466 g/mol. The number of alkyl carbamates (subject to hydrolysis) is 1. The number of carbonyl (C=O) groups is 3. The molecule has 7 nitrogen and oxygen atoms in total. The molecule has 0 bridgehead atoms. The van der Waals surface area contributed by atoms with E-state index in [-0.39, 0.29) is 30.8 Å². The van der Waals surface area contributed by atoms with Gasteiger partial charge in [-0.15, -0.1) is 0 Å². The fourth-order valence-electron chi connectivity index (χ4n) is 4.36. The van der Waals surface area contributed by atoms with Crippen molar-refractivity contribution in [2.75, 3.05) is 6.61 Å². The molecule has 0 fully saturated rings. The molecule has 0 spiro atoms. The molecule has 0 aromatic heterocycles. The van der Waals surface area contributed by atoms with Crippen molar-refractivity contribution in [3.05, 3.63) is 59.7 Å². The van der Waals surface area contributed by atoms with Gasteiger partial charge in [-0.3, -0.25) is 4.79 Å². The van der Waals surface area contributed by atoms with Crippen LogP contribution in [0.15, 0.2) is 48.5 Å². The molecular weight excluding hydrogens is 432 g/mol. The lowest BCUT2D eigenvalue weighted by Gasteiger charge is -2.25. The number of fused-ring (bicyclic) bond motifs is 3. The van der Waals surface area contributed by atoms with Crippen LogP contribution in [-0.4, -0.2) is 41.8 Å². The molecule has 3 unspecified atom stereocenters. The van der Waals surface area contributed by atoms with Gasteiger partial charge in [-0.05, 0) is 34.1 Å². The average molecular weight is 467 g/mol. The van der Waals surface area contributed by atoms with Gasteiger partial charge in [0.05, 0.1) is 0 Å². The van der Waals surface area contributed by atoms with Gasteiger partial charge in [0.25, 0.3) is 0 Å². The maximum atomic E-state index is 12.6. The van der Waals surface area contributed by atoms with Crippen LogP contribution in [-0.2, 0) is 14.3 Å². The summed E-state index contributed by atoms with van der Waals surface area (Å²) in [6, 6.07) is 14.8. The minimum absolute atomic E-state index is 0.0257. The van der Waals surface area contributed by atoms with E-state index in [2.05, 4.69) is 34.9 Å². The molecule has 0 aliphatic heterocycles. The van der Waals surface area contributed by atoms with Gasteiger partial charge in [-0.1, -0.05) is 82.6 Å². The van der Waals surface area contributed by atoms with Gasteiger partial charge in [0, 0.05) is 18.4 Å². The SMILES string of the molecule is CCC(C)C(NC(=O)CC(NC(=O)OCC1c2ccccc2-c2ccccc21)C(C)C)C(=O)O. The first-order chi connectivity index (χ1) is 16.2. The zero-order valence-corrected chi connectivity index (χ0v) is 20.2. The van der Waals surface area contributed by atoms with Gasteiger partial charge >= 0.3 is 12.1 Å². The van der Waals surface area contributed by atoms with Gasteiger partial charge < -0.3 is 20.5 Å². The van der Waals surface area contributed by atoms with Crippen molar-refractivity contribution in [2.45, 2.75) is 58.5 Å². The Kier molecular flexibility index (Phi) is 8.31. The summed E-state index contributed by atoms with van der Waals surface area (Å²) in [6.45, 7) is 7.64. The number of nitrogens with one attached hydrogen (secondary N) is 2. The summed E-state index contributed by atoms with van der Waals surface area (Å²) < 4.78 is 5.60. The molecule has 0 radical (unpaired) electrons. The molecule has 0 saturated carbocycles. The topological polar surface area (TPSA) is 105 Å². The molecule has 0 saturated heterocycles. The number of carboxylic acid groups (broad SMARTS) is 1. The lowest BCUT2D eigenvalue weighted by atomic mass is 9.97. The van der Waals surface area contributed by atoms with Crippen molar-refractivity contribution in [2.24, 2.45) is 11.8 Å². The number of carboxylic acids is 1. The molecule has 2 aromatic carbocycles. The van der Waals surface area contributed by atoms with Crippen LogP contribution in [0, 0.1) is 11.8 Å². The van der Waals surface area contributed by atoms with E-state index < -0.39 is 30.1 Å². The Balaban J connectivity index is 1.60. The summed E-state index contributed by atoms with van der Waals surface area (Å²) in [4.78, 5) is 36.7. The molecule has 34 heavy (non-hydrogen) atoms. The van der Waals surface area contributed by atoms with E-state index >= 15 is 0 Å². The largest absolute Gasteiger partial charge is 0.480 e. The van der Waals surface area contributed by atoms with Crippen molar-refractivity contribution < 1.29 is 24.2 Å². The zero-order chi connectivity index (χ0) is 24.8. The molecule has 0 heterocycles. The zero-order valence-electron chi connectivity index (χ0n) is 20.2. The van der Waals surface area contributed by atoms with Crippen LogP contribution >= 0.6 is 0 Å². The van der Waals surface area contributed by atoms with Crippen LogP contribution in [0.3, 0.4) is 0 Å². The predicted octanol–water partition coefficient (Wildman–Crippen LogP) is 4.56. The number of rotatable bonds is 10. The fourth-order valence-corrected chi connectivity index (χ4v) is 4.36. The number of benzene rings is 2. The molecule has 3 atom stereocenters. The highest BCUT2D eigenvalue weighted by Gasteiger charge is 2.30. The van der Waals surface area contributed by atoms with E-state index in [0.29, 0.717) is 6.42 Å². The van der Waals surface area contributed by atoms with Gasteiger partial charge in [0.1, 0.15) is 12.6 Å². The number of carbonyl (C=O) groups excluding carboxylic acids is 2. The number of aliphatic carboxylic acids is 1. The van der Waals surface area contributed by atoms with E-state index in [0.717, 1.165) is 22.3 Å². The smallest absolute Gasteiger partial charge is 0.407 e. The molecule has 3 rings (SSSR count). The Morgan fingerprint density at radius 1 is 0.941 bits per heavy atom. The third-order valence-corrected chi connectivity index (χ3v) is 6.65. The molecule has 182 valence electrons. The maximum Gasteiger partial charge on any atom is 0.407 e. The number of amides is 2. The highest BCUT2D eigenvalue weighted by molar-refractivity contribution is 5.84. The third kappa shape index (κ3) is 5.76. The Morgan fingerprint density at radius 3 is 2.00 bits per heavy atom. The van der Waals surface area contributed by atoms with Gasteiger partial charge in [0.15, 0.2) is 0 Å². The Bertz CT molecular complexity index is 990. The third-order valence-electron chi connectivity index (χ3n) is 6.65. The van der Waals surface area contributed by atoms with Crippen LogP contribution in [0.1, 0.15) is 57.6 Å². The van der Waals surface area contributed by atoms with Crippen molar-refractivity contribution in [1.82, 2.24) is 10.6 Å². The second kappa shape index (κ2) is 11.2. The molecule has 1 aliphatic carbocycles. The van der Waals surface area contributed by atoms with Crippen LogP contribution in [0.5, 0.6) is 0 Å². The summed E-state index contributed by atoms with van der Waals surface area (Å²) in [5.41, 5.74) is 4.55. The average Bonchev–Trinajstić information content (AvgIpc) is 3.13. The second-order valence-corrected chi connectivity index (χ2v) is 9.29. The van der Waals surface area contributed by atoms with E-state index in [9.17, 15) is 19.5 Å². The van der Waals surface area contributed by atoms with Crippen LogP contribution < -0.4 is 10.6 Å². The normalized spacial score (nSPS) is 15.1. The van der Waals surface area contributed by atoms with Crippen molar-refractivity contribution >= 4 is 18.0 Å². The minimum atomic E-state index is -1.06. The highest BCUT2D eigenvalue weighted by Crippen LogP contribution is 2.44. The quantitative estimate of drug-likeness (QED) is 0.476. The fraction of sp³-hybridized carbons (Fsp3) is 0.444. The molecule has 2 aromatic rings. The Labute approximate surface area is 200 Å².